The third kappa shape index (κ3) is 5.10. The van der Waals surface area contributed by atoms with Gasteiger partial charge in [-0.25, -0.2) is 0 Å². The summed E-state index contributed by atoms with van der Waals surface area (Å²) in [6, 6.07) is 10.7. The van der Waals surface area contributed by atoms with Gasteiger partial charge in [0.1, 0.15) is 17.1 Å². The van der Waals surface area contributed by atoms with Gasteiger partial charge in [0.25, 0.3) is 11.8 Å². The van der Waals surface area contributed by atoms with E-state index in [2.05, 4.69) is 15.5 Å². The van der Waals surface area contributed by atoms with E-state index in [1.54, 1.807) is 24.3 Å². The fourth-order valence-electron chi connectivity index (χ4n) is 3.70. The summed E-state index contributed by atoms with van der Waals surface area (Å²) in [6.07, 6.45) is 3.06. The second kappa shape index (κ2) is 10.2. The molecule has 2 aromatic carbocycles. The maximum Gasteiger partial charge on any atom is 0.263 e. The van der Waals surface area contributed by atoms with Gasteiger partial charge in [-0.05, 0) is 56.5 Å². The number of rotatable bonds is 8. The van der Waals surface area contributed by atoms with Crippen LogP contribution in [0, 0.1) is 0 Å². The zero-order chi connectivity index (χ0) is 22.4. The highest BCUT2D eigenvalue weighted by Gasteiger charge is 2.23. The summed E-state index contributed by atoms with van der Waals surface area (Å²) in [7, 11) is 3.02. The quantitative estimate of drug-likeness (QED) is 0.666. The summed E-state index contributed by atoms with van der Waals surface area (Å²) in [6.45, 7) is 5.86. The summed E-state index contributed by atoms with van der Waals surface area (Å²) < 4.78 is 10.7. The number of anilines is 2. The molecule has 0 spiro atoms. The van der Waals surface area contributed by atoms with E-state index in [1.807, 2.05) is 26.0 Å². The predicted octanol–water partition coefficient (Wildman–Crippen LogP) is 4.08. The van der Waals surface area contributed by atoms with Crippen LogP contribution in [-0.4, -0.2) is 45.2 Å². The van der Waals surface area contributed by atoms with Gasteiger partial charge in [-0.15, -0.1) is 0 Å². The molecule has 7 heteroatoms. The van der Waals surface area contributed by atoms with Crippen LogP contribution in [0.4, 0.5) is 11.4 Å². The molecular formula is C24H31N3O4. The van der Waals surface area contributed by atoms with Crippen molar-refractivity contribution in [1.82, 2.24) is 5.32 Å². The Morgan fingerprint density at radius 3 is 2.26 bits per heavy atom. The van der Waals surface area contributed by atoms with Gasteiger partial charge < -0.3 is 25.0 Å². The largest absolute Gasteiger partial charge is 0.496 e. The molecule has 7 nitrogen and oxygen atoms in total. The van der Waals surface area contributed by atoms with Gasteiger partial charge in [0.05, 0.1) is 19.8 Å². The molecule has 1 fully saturated rings. The Bertz CT molecular complexity index is 916. The number of nitrogens with one attached hydrogen (secondary N) is 2. The maximum atomic E-state index is 13.0. The third-order valence-corrected chi connectivity index (χ3v) is 5.59. The minimum atomic E-state index is -0.364. The fraction of sp³-hybridized carbons (Fsp3) is 0.417. The van der Waals surface area contributed by atoms with Crippen molar-refractivity contribution >= 4 is 23.2 Å². The normalized spacial score (nSPS) is 14.1. The van der Waals surface area contributed by atoms with Crippen molar-refractivity contribution in [2.45, 2.75) is 39.2 Å². The number of hydrogen-bond donors (Lipinski definition) is 2. The molecule has 1 atom stereocenters. The Labute approximate surface area is 183 Å². The predicted molar refractivity (Wildman–Crippen MR) is 123 cm³/mol. The first-order valence-electron chi connectivity index (χ1n) is 10.7. The first kappa shape index (κ1) is 22.5. The van der Waals surface area contributed by atoms with Gasteiger partial charge in [0.15, 0.2) is 0 Å². The van der Waals surface area contributed by atoms with Crippen molar-refractivity contribution in [2.75, 3.05) is 37.5 Å². The highest BCUT2D eigenvalue weighted by molar-refractivity contribution is 6.09. The van der Waals surface area contributed by atoms with Crippen LogP contribution in [0.15, 0.2) is 36.4 Å². The van der Waals surface area contributed by atoms with Crippen molar-refractivity contribution in [3.63, 3.8) is 0 Å². The molecular weight excluding hydrogens is 394 g/mol. The Kier molecular flexibility index (Phi) is 7.39. The van der Waals surface area contributed by atoms with E-state index in [4.69, 9.17) is 9.47 Å². The van der Waals surface area contributed by atoms with E-state index in [1.165, 1.54) is 14.2 Å². The molecule has 0 bridgehead atoms. The number of hydrogen-bond acceptors (Lipinski definition) is 5. The lowest BCUT2D eigenvalue weighted by atomic mass is 10.1. The summed E-state index contributed by atoms with van der Waals surface area (Å²) >= 11 is 0. The zero-order valence-electron chi connectivity index (χ0n) is 18.7. The number of nitrogens with zero attached hydrogens (tertiary/aromatic N) is 1. The molecule has 1 heterocycles. The standard InChI is InChI=1S/C24H31N3O4/c1-5-16(2)25-23(28)18-15-17(11-12-19(18)27-13-6-7-14-27)26-24(29)22-20(30-3)9-8-10-21(22)31-4/h8-12,15-16H,5-7,13-14H2,1-4H3,(H,25,28)(H,26,29)/t16-/m0/s1. The molecule has 0 saturated carbocycles. The second-order valence-corrected chi connectivity index (χ2v) is 7.70. The zero-order valence-corrected chi connectivity index (χ0v) is 18.7. The SMILES string of the molecule is CC[C@H](C)NC(=O)c1cc(NC(=O)c2c(OC)cccc2OC)ccc1N1CCCC1. The topological polar surface area (TPSA) is 79.9 Å². The van der Waals surface area contributed by atoms with Crippen molar-refractivity contribution in [3.8, 4) is 11.5 Å². The number of carbonyl (C=O) groups is 2. The number of ether oxygens (including phenoxy) is 2. The van der Waals surface area contributed by atoms with Gasteiger partial charge in [-0.3, -0.25) is 9.59 Å². The van der Waals surface area contributed by atoms with E-state index >= 15 is 0 Å². The molecule has 2 aromatic rings. The third-order valence-electron chi connectivity index (χ3n) is 5.59. The smallest absolute Gasteiger partial charge is 0.263 e. The van der Waals surface area contributed by atoms with Crippen LogP contribution in [-0.2, 0) is 0 Å². The number of carbonyl (C=O) groups excluding carboxylic acids is 2. The molecule has 166 valence electrons. The van der Waals surface area contributed by atoms with Gasteiger partial charge in [-0.1, -0.05) is 13.0 Å². The monoisotopic (exact) mass is 425 g/mol. The molecule has 1 saturated heterocycles. The van der Waals surface area contributed by atoms with Gasteiger partial charge in [0, 0.05) is 30.5 Å². The molecule has 2 N–H and O–H groups in total. The molecule has 1 aliphatic heterocycles. The Morgan fingerprint density at radius 1 is 1.03 bits per heavy atom. The van der Waals surface area contributed by atoms with Crippen LogP contribution in [0.1, 0.15) is 53.8 Å². The van der Waals surface area contributed by atoms with E-state index in [-0.39, 0.29) is 17.9 Å². The van der Waals surface area contributed by atoms with Crippen molar-refractivity contribution in [1.29, 1.82) is 0 Å². The Balaban J connectivity index is 1.93. The molecule has 0 radical (unpaired) electrons. The van der Waals surface area contributed by atoms with Crippen LogP contribution in [0.25, 0.3) is 0 Å². The summed E-state index contributed by atoms with van der Waals surface area (Å²) in [5.74, 6) is 0.333. The van der Waals surface area contributed by atoms with Crippen molar-refractivity contribution < 1.29 is 19.1 Å². The van der Waals surface area contributed by atoms with E-state index < -0.39 is 0 Å². The van der Waals surface area contributed by atoms with E-state index in [0.29, 0.717) is 28.3 Å². The van der Waals surface area contributed by atoms with Crippen LogP contribution < -0.4 is 25.0 Å². The van der Waals surface area contributed by atoms with Gasteiger partial charge in [-0.2, -0.15) is 0 Å². The highest BCUT2D eigenvalue weighted by Crippen LogP contribution is 2.31. The molecule has 1 aliphatic rings. The molecule has 0 aliphatic carbocycles. The first-order chi connectivity index (χ1) is 15.0. The van der Waals surface area contributed by atoms with E-state index in [0.717, 1.165) is 38.0 Å². The summed E-state index contributed by atoms with van der Waals surface area (Å²) in [5, 5.41) is 5.93. The number of amides is 2. The molecule has 0 aromatic heterocycles. The first-order valence-corrected chi connectivity index (χ1v) is 10.7. The van der Waals surface area contributed by atoms with Crippen molar-refractivity contribution in [2.24, 2.45) is 0 Å². The minimum absolute atomic E-state index is 0.0648. The minimum Gasteiger partial charge on any atom is -0.496 e. The van der Waals surface area contributed by atoms with Crippen LogP contribution in [0.3, 0.4) is 0 Å². The summed E-state index contributed by atoms with van der Waals surface area (Å²) in [5.41, 5.74) is 2.30. The Morgan fingerprint density at radius 2 is 1.68 bits per heavy atom. The van der Waals surface area contributed by atoms with Gasteiger partial charge in [0.2, 0.25) is 0 Å². The van der Waals surface area contributed by atoms with Crippen molar-refractivity contribution in [3.05, 3.63) is 47.5 Å². The summed E-state index contributed by atoms with van der Waals surface area (Å²) in [4.78, 5) is 28.3. The highest BCUT2D eigenvalue weighted by atomic mass is 16.5. The number of methoxy groups -OCH3 is 2. The lowest BCUT2D eigenvalue weighted by Crippen LogP contribution is -2.33. The van der Waals surface area contributed by atoms with Gasteiger partial charge >= 0.3 is 0 Å². The molecule has 3 rings (SSSR count). The average Bonchev–Trinajstić information content (AvgIpc) is 3.32. The molecule has 2 amide bonds. The van der Waals surface area contributed by atoms with Crippen LogP contribution in [0.5, 0.6) is 11.5 Å². The second-order valence-electron chi connectivity index (χ2n) is 7.70. The average molecular weight is 426 g/mol. The lowest BCUT2D eigenvalue weighted by molar-refractivity contribution is 0.0938. The van der Waals surface area contributed by atoms with E-state index in [9.17, 15) is 9.59 Å². The molecule has 0 unspecified atom stereocenters. The number of benzene rings is 2. The fourth-order valence-corrected chi connectivity index (χ4v) is 3.70. The maximum absolute atomic E-state index is 13.0. The van der Waals surface area contributed by atoms with Crippen LogP contribution in [0.2, 0.25) is 0 Å². The molecule has 31 heavy (non-hydrogen) atoms. The lowest BCUT2D eigenvalue weighted by Gasteiger charge is -2.23. The Hall–Kier alpha value is -3.22. The van der Waals surface area contributed by atoms with Crippen LogP contribution >= 0.6 is 0 Å².